The molecular weight excluding hydrogens is 382 g/mol. The van der Waals surface area contributed by atoms with Crippen LogP contribution >= 0.6 is 22.9 Å². The van der Waals surface area contributed by atoms with Crippen LogP contribution in [0.5, 0.6) is 0 Å². The van der Waals surface area contributed by atoms with Crippen LogP contribution in [-0.2, 0) is 26.7 Å². The van der Waals surface area contributed by atoms with E-state index in [0.29, 0.717) is 10.2 Å². The predicted octanol–water partition coefficient (Wildman–Crippen LogP) is 2.93. The van der Waals surface area contributed by atoms with E-state index in [0.717, 1.165) is 34.5 Å². The summed E-state index contributed by atoms with van der Waals surface area (Å²) < 4.78 is 18.3. The average Bonchev–Trinajstić information content (AvgIpc) is 3.01. The van der Waals surface area contributed by atoms with Gasteiger partial charge >= 0.3 is 0 Å². The molecule has 132 valence electrons. The standard InChI is InChI=1S/C16H16ClN3O3S2/c1-18-25(22)23-9-14(21)20-16-19-13-7-3-6-12(15(13)24-16)10-4-2-5-11(17)8-10/h2,4-6,8,18H,3,7,9H2,1H3,(H,19,20,21). The van der Waals surface area contributed by atoms with E-state index < -0.39 is 17.2 Å². The van der Waals surface area contributed by atoms with Crippen molar-refractivity contribution in [1.29, 1.82) is 0 Å². The molecule has 6 nitrogen and oxygen atoms in total. The first-order valence-corrected chi connectivity index (χ1v) is 9.82. The van der Waals surface area contributed by atoms with Gasteiger partial charge in [-0.15, -0.1) is 0 Å². The van der Waals surface area contributed by atoms with Gasteiger partial charge in [0.1, 0.15) is 6.61 Å². The van der Waals surface area contributed by atoms with Gasteiger partial charge in [0, 0.05) is 5.02 Å². The number of anilines is 1. The van der Waals surface area contributed by atoms with E-state index >= 15 is 0 Å². The summed E-state index contributed by atoms with van der Waals surface area (Å²) in [6.07, 6.45) is 3.87. The maximum Gasteiger partial charge on any atom is 0.253 e. The first kappa shape index (κ1) is 18.2. The maximum absolute atomic E-state index is 11.9. The molecule has 0 radical (unpaired) electrons. The van der Waals surface area contributed by atoms with Crippen LogP contribution in [0.1, 0.15) is 22.6 Å². The van der Waals surface area contributed by atoms with Crippen molar-refractivity contribution in [2.75, 3.05) is 19.0 Å². The molecule has 1 aromatic carbocycles. The topological polar surface area (TPSA) is 80.3 Å². The highest BCUT2D eigenvalue weighted by atomic mass is 35.5. The van der Waals surface area contributed by atoms with Crippen molar-refractivity contribution in [3.05, 3.63) is 51.5 Å². The van der Waals surface area contributed by atoms with Gasteiger partial charge in [-0.25, -0.2) is 13.9 Å². The Balaban J connectivity index is 1.76. The number of amides is 1. The van der Waals surface area contributed by atoms with E-state index in [2.05, 4.69) is 21.1 Å². The van der Waals surface area contributed by atoms with Crippen molar-refractivity contribution in [1.82, 2.24) is 9.71 Å². The number of nitrogens with one attached hydrogen (secondary N) is 2. The molecule has 1 aliphatic rings. The number of rotatable bonds is 6. The lowest BCUT2D eigenvalue weighted by Gasteiger charge is -2.12. The zero-order valence-electron chi connectivity index (χ0n) is 13.4. The molecule has 0 saturated heterocycles. The van der Waals surface area contributed by atoms with Crippen LogP contribution < -0.4 is 10.0 Å². The number of thiazole rings is 1. The number of hydrogen-bond donors (Lipinski definition) is 2. The third-order valence-corrected chi connectivity index (χ3v) is 5.46. The SMILES string of the molecule is CNS(=O)OCC(=O)Nc1nc2c(s1)C(c1cccc(Cl)c1)=CCC2. The molecular formula is C16H16ClN3O3S2. The number of aromatic nitrogens is 1. The van der Waals surface area contributed by atoms with Gasteiger partial charge in [-0.05, 0) is 43.2 Å². The van der Waals surface area contributed by atoms with Crippen molar-refractivity contribution in [2.45, 2.75) is 12.8 Å². The number of carbonyl (C=O) groups excluding carboxylic acids is 1. The summed E-state index contributed by atoms with van der Waals surface area (Å²) >= 11 is 5.83. The molecule has 0 spiro atoms. The third kappa shape index (κ3) is 4.53. The Bertz CT molecular complexity index is 851. The number of allylic oxidation sites excluding steroid dienone is 1. The van der Waals surface area contributed by atoms with Crippen LogP contribution in [-0.4, -0.2) is 28.8 Å². The van der Waals surface area contributed by atoms with Crippen LogP contribution in [0.4, 0.5) is 5.13 Å². The first-order valence-electron chi connectivity index (χ1n) is 7.55. The van der Waals surface area contributed by atoms with Gasteiger partial charge < -0.3 is 0 Å². The van der Waals surface area contributed by atoms with Crippen molar-refractivity contribution in [2.24, 2.45) is 0 Å². The number of benzene rings is 1. The van der Waals surface area contributed by atoms with E-state index in [1.54, 1.807) is 0 Å². The van der Waals surface area contributed by atoms with Gasteiger partial charge in [0.15, 0.2) is 5.13 Å². The zero-order chi connectivity index (χ0) is 17.8. The van der Waals surface area contributed by atoms with Gasteiger partial charge in [0.25, 0.3) is 5.91 Å². The predicted molar refractivity (Wildman–Crippen MR) is 101 cm³/mol. The second-order valence-corrected chi connectivity index (χ2v) is 7.76. The molecule has 1 unspecified atom stereocenters. The molecule has 0 saturated carbocycles. The maximum atomic E-state index is 11.9. The molecule has 1 heterocycles. The summed E-state index contributed by atoms with van der Waals surface area (Å²) in [5.41, 5.74) is 3.06. The molecule has 1 aromatic heterocycles. The molecule has 25 heavy (non-hydrogen) atoms. The van der Waals surface area contributed by atoms with Crippen LogP contribution in [0.15, 0.2) is 30.3 Å². The molecule has 1 aliphatic carbocycles. The highest BCUT2D eigenvalue weighted by Gasteiger charge is 2.20. The van der Waals surface area contributed by atoms with Gasteiger partial charge in [-0.2, -0.15) is 0 Å². The number of carbonyl (C=O) groups is 1. The van der Waals surface area contributed by atoms with E-state index in [1.165, 1.54) is 18.4 Å². The van der Waals surface area contributed by atoms with Gasteiger partial charge in [0.05, 0.1) is 10.6 Å². The second kappa shape index (κ2) is 8.20. The normalized spacial score (nSPS) is 14.6. The minimum atomic E-state index is -1.68. The minimum absolute atomic E-state index is 0.311. The monoisotopic (exact) mass is 397 g/mol. The van der Waals surface area contributed by atoms with Crippen LogP contribution in [0.25, 0.3) is 5.57 Å². The lowest BCUT2D eigenvalue weighted by atomic mass is 9.96. The van der Waals surface area contributed by atoms with Crippen LogP contribution in [0, 0.1) is 0 Å². The van der Waals surface area contributed by atoms with Gasteiger partial charge in [-0.3, -0.25) is 14.3 Å². The summed E-state index contributed by atoms with van der Waals surface area (Å²) in [5, 5.41) is 3.87. The molecule has 2 aromatic rings. The van der Waals surface area contributed by atoms with Crippen molar-refractivity contribution < 1.29 is 13.2 Å². The molecule has 9 heteroatoms. The smallest absolute Gasteiger partial charge is 0.253 e. The minimum Gasteiger partial charge on any atom is -0.300 e. The van der Waals surface area contributed by atoms with Gasteiger partial charge in [-0.1, -0.05) is 41.1 Å². The quantitative estimate of drug-likeness (QED) is 0.785. The zero-order valence-corrected chi connectivity index (χ0v) is 15.8. The average molecular weight is 398 g/mol. The number of aryl methyl sites for hydroxylation is 1. The molecule has 3 rings (SSSR count). The molecule has 0 aliphatic heterocycles. The van der Waals surface area contributed by atoms with Crippen molar-refractivity contribution >= 4 is 50.8 Å². The molecule has 1 atom stereocenters. The number of hydrogen-bond acceptors (Lipinski definition) is 5. The fourth-order valence-corrected chi connectivity index (χ4v) is 4.07. The Morgan fingerprint density at radius 1 is 1.48 bits per heavy atom. The fourth-order valence-electron chi connectivity index (χ4n) is 2.46. The summed E-state index contributed by atoms with van der Waals surface area (Å²) in [6, 6.07) is 7.67. The second-order valence-electron chi connectivity index (χ2n) is 5.21. The molecule has 1 amide bonds. The van der Waals surface area contributed by atoms with E-state index in [9.17, 15) is 9.00 Å². The van der Waals surface area contributed by atoms with Crippen LogP contribution in [0.3, 0.4) is 0 Å². The fraction of sp³-hybridized carbons (Fsp3) is 0.250. The van der Waals surface area contributed by atoms with Crippen molar-refractivity contribution in [3.63, 3.8) is 0 Å². The number of fused-ring (bicyclic) bond motifs is 1. The molecule has 0 fully saturated rings. The van der Waals surface area contributed by atoms with E-state index in [4.69, 9.17) is 15.8 Å². The Labute approximate surface area is 157 Å². The van der Waals surface area contributed by atoms with Crippen molar-refractivity contribution in [3.8, 4) is 0 Å². The van der Waals surface area contributed by atoms with E-state index in [1.807, 2.05) is 24.3 Å². The Hall–Kier alpha value is -1.58. The lowest BCUT2D eigenvalue weighted by Crippen LogP contribution is -2.22. The largest absolute Gasteiger partial charge is 0.300 e. The number of nitrogens with zero attached hydrogens (tertiary/aromatic N) is 1. The summed E-state index contributed by atoms with van der Waals surface area (Å²) in [6.45, 7) is -0.311. The summed E-state index contributed by atoms with van der Waals surface area (Å²) in [5.74, 6) is -0.400. The Kier molecular flexibility index (Phi) is 5.98. The van der Waals surface area contributed by atoms with Crippen LogP contribution in [0.2, 0.25) is 5.02 Å². The first-order chi connectivity index (χ1) is 12.1. The highest BCUT2D eigenvalue weighted by molar-refractivity contribution is 7.78. The number of halogens is 1. The van der Waals surface area contributed by atoms with Gasteiger partial charge in [0.2, 0.25) is 11.3 Å². The lowest BCUT2D eigenvalue weighted by molar-refractivity contribution is -0.117. The molecule has 2 N–H and O–H groups in total. The third-order valence-electron chi connectivity index (χ3n) is 3.52. The summed E-state index contributed by atoms with van der Waals surface area (Å²) in [4.78, 5) is 17.4. The van der Waals surface area contributed by atoms with E-state index in [-0.39, 0.29) is 6.61 Å². The highest BCUT2D eigenvalue weighted by Crippen LogP contribution is 2.38. The Morgan fingerprint density at radius 3 is 3.08 bits per heavy atom. The molecule has 0 bridgehead atoms. The summed E-state index contributed by atoms with van der Waals surface area (Å²) in [7, 11) is 1.48. The Morgan fingerprint density at radius 2 is 2.32 bits per heavy atom.